The summed E-state index contributed by atoms with van der Waals surface area (Å²) in [4.78, 5) is 46.1. The fourth-order valence-electron chi connectivity index (χ4n) is 5.57. The Morgan fingerprint density at radius 2 is 1.33 bits per heavy atom. The van der Waals surface area contributed by atoms with Gasteiger partial charge in [-0.15, -0.1) is 23.1 Å². The van der Waals surface area contributed by atoms with E-state index in [1.54, 1.807) is 42.5 Å². The quantitative estimate of drug-likeness (QED) is 0.0915. The van der Waals surface area contributed by atoms with Crippen molar-refractivity contribution in [2.24, 2.45) is 0 Å². The van der Waals surface area contributed by atoms with E-state index in [-0.39, 0.29) is 11.6 Å². The van der Waals surface area contributed by atoms with Crippen molar-refractivity contribution < 1.29 is 14.4 Å². The first kappa shape index (κ1) is 34.2. The molecule has 0 bridgehead atoms. The predicted molar refractivity (Wildman–Crippen MR) is 212 cm³/mol. The lowest BCUT2D eigenvalue weighted by Crippen LogP contribution is -2.30. The van der Waals surface area contributed by atoms with Crippen molar-refractivity contribution in [1.29, 1.82) is 0 Å². The molecule has 3 amide bonds. The van der Waals surface area contributed by atoms with Crippen molar-refractivity contribution in [2.75, 3.05) is 10.6 Å². The first-order chi connectivity index (χ1) is 25.5. The van der Waals surface area contributed by atoms with Crippen molar-refractivity contribution in [2.45, 2.75) is 10.1 Å². The molecule has 1 unspecified atom stereocenters. The summed E-state index contributed by atoms with van der Waals surface area (Å²) in [6, 6.07) is 49.2. The fraction of sp³-hybridized carbons (Fsp3) is 0.0233. The van der Waals surface area contributed by atoms with E-state index in [4.69, 9.17) is 0 Å². The number of hydrogen-bond acceptors (Lipinski definition) is 6. The van der Waals surface area contributed by atoms with Gasteiger partial charge in [0, 0.05) is 27.1 Å². The summed E-state index contributed by atoms with van der Waals surface area (Å²) < 4.78 is 0. The van der Waals surface area contributed by atoms with Gasteiger partial charge < -0.3 is 16.0 Å². The Hall–Kier alpha value is -6.29. The van der Waals surface area contributed by atoms with Gasteiger partial charge in [0.05, 0.1) is 5.69 Å². The first-order valence-corrected chi connectivity index (χ1v) is 18.3. The molecule has 7 aromatic rings. The molecule has 254 valence electrons. The van der Waals surface area contributed by atoms with Gasteiger partial charge >= 0.3 is 0 Å². The number of fused-ring (bicyclic) bond motifs is 1. The second-order valence-electron chi connectivity index (χ2n) is 11.7. The molecule has 0 saturated heterocycles. The van der Waals surface area contributed by atoms with E-state index in [2.05, 4.69) is 20.9 Å². The molecule has 6 aromatic carbocycles. The third-order valence-corrected chi connectivity index (χ3v) is 10.2. The number of carbonyl (C=O) groups excluding carboxylic acids is 3. The van der Waals surface area contributed by atoms with Crippen molar-refractivity contribution >= 4 is 68.5 Å². The minimum Gasteiger partial charge on any atom is -0.321 e. The minimum absolute atomic E-state index is 0.0991. The number of anilines is 2. The molecule has 1 heterocycles. The monoisotopic (exact) mass is 716 g/mol. The predicted octanol–water partition coefficient (Wildman–Crippen LogP) is 9.84. The van der Waals surface area contributed by atoms with E-state index in [0.717, 1.165) is 38.1 Å². The number of hydrogen-bond donors (Lipinski definition) is 3. The molecule has 0 saturated carbocycles. The maximum Gasteiger partial charge on any atom is 0.272 e. The van der Waals surface area contributed by atoms with Crippen LogP contribution in [0, 0.1) is 0 Å². The number of carbonyl (C=O) groups is 3. The Kier molecular flexibility index (Phi) is 10.6. The zero-order valence-corrected chi connectivity index (χ0v) is 29.4. The SMILES string of the molecule is O=C(Nc1ccc(SC(C(=O)Nc2nc(-c3ccccc3)cs2)c2ccccc2)cc1)/C(=C/c1cccc2ccccc12)NC(=O)c1ccccc1. The Labute approximate surface area is 309 Å². The second kappa shape index (κ2) is 16.2. The summed E-state index contributed by atoms with van der Waals surface area (Å²) in [5, 5.41) is 12.6. The fourth-order valence-corrected chi connectivity index (χ4v) is 7.32. The van der Waals surface area contributed by atoms with Crippen LogP contribution in [0.25, 0.3) is 28.1 Å². The third-order valence-electron chi connectivity index (χ3n) is 8.16. The molecule has 0 radical (unpaired) electrons. The van der Waals surface area contributed by atoms with Crippen molar-refractivity contribution in [3.8, 4) is 11.3 Å². The molecule has 0 aliphatic carbocycles. The van der Waals surface area contributed by atoms with Crippen LogP contribution in [0.5, 0.6) is 0 Å². The van der Waals surface area contributed by atoms with Crippen LogP contribution in [-0.4, -0.2) is 22.7 Å². The van der Waals surface area contributed by atoms with E-state index >= 15 is 0 Å². The number of nitrogens with zero attached hydrogens (tertiary/aromatic N) is 1. The van der Waals surface area contributed by atoms with Gasteiger partial charge in [0.2, 0.25) is 5.91 Å². The van der Waals surface area contributed by atoms with Crippen LogP contribution in [0.2, 0.25) is 0 Å². The van der Waals surface area contributed by atoms with E-state index in [0.29, 0.717) is 16.4 Å². The van der Waals surface area contributed by atoms with E-state index < -0.39 is 17.1 Å². The molecule has 1 aromatic heterocycles. The minimum atomic E-state index is -0.561. The standard InChI is InChI=1S/C43H32N4O3S2/c48-40(32-18-8-3-9-19-32)45-37(27-33-21-12-20-29-13-10-11-22-36(29)33)41(49)44-34-23-25-35(26-24-34)52-39(31-16-6-2-7-17-31)42(50)47-43-46-38(28-51-43)30-14-4-1-5-15-30/h1-28,39H,(H,44,49)(H,45,48)(H,46,47,50)/b37-27-. The average molecular weight is 717 g/mol. The van der Waals surface area contributed by atoms with Gasteiger partial charge in [-0.05, 0) is 64.4 Å². The largest absolute Gasteiger partial charge is 0.321 e. The Morgan fingerprint density at radius 3 is 2.08 bits per heavy atom. The molecule has 7 nitrogen and oxygen atoms in total. The van der Waals surface area contributed by atoms with Gasteiger partial charge in [0.25, 0.3) is 11.8 Å². The van der Waals surface area contributed by atoms with Gasteiger partial charge in [0.15, 0.2) is 5.13 Å². The second-order valence-corrected chi connectivity index (χ2v) is 13.8. The van der Waals surface area contributed by atoms with Crippen LogP contribution in [0.3, 0.4) is 0 Å². The van der Waals surface area contributed by atoms with Gasteiger partial charge in [-0.1, -0.05) is 121 Å². The smallest absolute Gasteiger partial charge is 0.272 e. The highest BCUT2D eigenvalue weighted by Gasteiger charge is 2.24. The van der Waals surface area contributed by atoms with Gasteiger partial charge in [-0.2, -0.15) is 0 Å². The Balaban J connectivity index is 1.09. The Morgan fingerprint density at radius 1 is 0.673 bits per heavy atom. The number of nitrogens with one attached hydrogen (secondary N) is 3. The lowest BCUT2D eigenvalue weighted by Gasteiger charge is -2.17. The summed E-state index contributed by atoms with van der Waals surface area (Å²) in [6.45, 7) is 0. The van der Waals surface area contributed by atoms with Crippen molar-refractivity contribution in [3.63, 3.8) is 0 Å². The average Bonchev–Trinajstić information content (AvgIpc) is 3.66. The van der Waals surface area contributed by atoms with Crippen molar-refractivity contribution in [3.05, 3.63) is 185 Å². The molecule has 0 fully saturated rings. The first-order valence-electron chi connectivity index (χ1n) is 16.5. The maximum absolute atomic E-state index is 13.8. The Bertz CT molecular complexity index is 2360. The zero-order valence-electron chi connectivity index (χ0n) is 27.7. The van der Waals surface area contributed by atoms with Crippen LogP contribution in [-0.2, 0) is 9.59 Å². The van der Waals surface area contributed by atoms with Gasteiger partial charge in [-0.3, -0.25) is 14.4 Å². The summed E-state index contributed by atoms with van der Waals surface area (Å²) in [5.41, 5.74) is 4.49. The summed E-state index contributed by atoms with van der Waals surface area (Å²) >= 11 is 2.78. The van der Waals surface area contributed by atoms with Crippen LogP contribution >= 0.6 is 23.1 Å². The summed E-state index contributed by atoms with van der Waals surface area (Å²) in [6.07, 6.45) is 1.69. The maximum atomic E-state index is 13.8. The van der Waals surface area contributed by atoms with Crippen LogP contribution in [0.15, 0.2) is 174 Å². The van der Waals surface area contributed by atoms with E-state index in [1.165, 1.54) is 23.1 Å². The number of rotatable bonds is 11. The van der Waals surface area contributed by atoms with E-state index in [1.807, 2.05) is 127 Å². The lowest BCUT2D eigenvalue weighted by molar-refractivity contribution is -0.116. The number of thiazole rings is 1. The molecule has 0 spiro atoms. The van der Waals surface area contributed by atoms with Gasteiger partial charge in [-0.25, -0.2) is 4.98 Å². The molecular weight excluding hydrogens is 685 g/mol. The molecule has 3 N–H and O–H groups in total. The van der Waals surface area contributed by atoms with E-state index in [9.17, 15) is 14.4 Å². The number of aromatic nitrogens is 1. The highest BCUT2D eigenvalue weighted by molar-refractivity contribution is 8.00. The molecule has 7 rings (SSSR count). The van der Waals surface area contributed by atoms with Gasteiger partial charge in [0.1, 0.15) is 10.9 Å². The molecule has 1 atom stereocenters. The lowest BCUT2D eigenvalue weighted by atomic mass is 10.0. The van der Waals surface area contributed by atoms with Crippen LogP contribution < -0.4 is 16.0 Å². The number of benzene rings is 6. The highest BCUT2D eigenvalue weighted by atomic mass is 32.2. The third kappa shape index (κ3) is 8.35. The molecule has 52 heavy (non-hydrogen) atoms. The van der Waals surface area contributed by atoms with Crippen LogP contribution in [0.4, 0.5) is 10.8 Å². The van der Waals surface area contributed by atoms with Crippen LogP contribution in [0.1, 0.15) is 26.7 Å². The summed E-state index contributed by atoms with van der Waals surface area (Å²) in [7, 11) is 0. The molecular formula is C43H32N4O3S2. The molecule has 0 aliphatic rings. The topological polar surface area (TPSA) is 100 Å². The molecule has 0 aliphatic heterocycles. The number of thioether (sulfide) groups is 1. The number of amides is 3. The highest BCUT2D eigenvalue weighted by Crippen LogP contribution is 2.37. The van der Waals surface area contributed by atoms with Crippen molar-refractivity contribution in [1.82, 2.24) is 10.3 Å². The normalized spacial score (nSPS) is 11.8. The molecule has 9 heteroatoms. The zero-order chi connectivity index (χ0) is 35.7. The summed E-state index contributed by atoms with van der Waals surface area (Å²) in [5.74, 6) is -1.06.